The molecule has 1 unspecified atom stereocenters. The average molecular weight is 311 g/mol. The van der Waals surface area contributed by atoms with Crippen LogP contribution in [-0.2, 0) is 0 Å². The number of non-ortho nitro benzene ring substituents is 1. The van der Waals surface area contributed by atoms with Gasteiger partial charge in [-0.3, -0.25) is 10.1 Å². The maximum atomic E-state index is 10.7. The fraction of sp³-hybridized carbons (Fsp3) is 0.143. The summed E-state index contributed by atoms with van der Waals surface area (Å²) in [7, 11) is 0. The minimum absolute atomic E-state index is 0.0493. The van der Waals surface area contributed by atoms with Crippen LogP contribution in [0.3, 0.4) is 0 Å². The first kappa shape index (κ1) is 14.6. The number of benzene rings is 2. The van der Waals surface area contributed by atoms with Crippen molar-refractivity contribution in [3.05, 3.63) is 68.2 Å². The second kappa shape index (κ2) is 6.11. The first-order valence-corrected chi connectivity index (χ1v) is 6.69. The molecule has 0 spiro atoms. The van der Waals surface area contributed by atoms with E-state index in [0.717, 1.165) is 5.56 Å². The Morgan fingerprint density at radius 2 is 1.90 bits per heavy atom. The van der Waals surface area contributed by atoms with Gasteiger partial charge in [-0.25, -0.2) is 0 Å². The molecule has 2 rings (SSSR count). The number of hydrogen-bond acceptors (Lipinski definition) is 3. The molecular weight excluding hydrogens is 299 g/mol. The van der Waals surface area contributed by atoms with Gasteiger partial charge in [0.05, 0.1) is 15.0 Å². The third-order valence-corrected chi connectivity index (χ3v) is 3.62. The van der Waals surface area contributed by atoms with Gasteiger partial charge in [-0.05, 0) is 30.7 Å². The molecule has 20 heavy (non-hydrogen) atoms. The molecule has 0 aliphatic rings. The molecule has 1 N–H and O–H groups in total. The second-order valence-electron chi connectivity index (χ2n) is 4.35. The van der Waals surface area contributed by atoms with Crippen LogP contribution in [-0.4, -0.2) is 4.92 Å². The van der Waals surface area contributed by atoms with Crippen LogP contribution in [0.15, 0.2) is 42.5 Å². The van der Waals surface area contributed by atoms with Crippen molar-refractivity contribution in [1.29, 1.82) is 0 Å². The van der Waals surface area contributed by atoms with Crippen LogP contribution < -0.4 is 5.32 Å². The molecule has 2 aromatic rings. The Kier molecular flexibility index (Phi) is 4.47. The molecular formula is C14H12Cl2N2O2. The van der Waals surface area contributed by atoms with E-state index in [1.165, 1.54) is 12.1 Å². The van der Waals surface area contributed by atoms with Gasteiger partial charge in [-0.2, -0.15) is 0 Å². The van der Waals surface area contributed by atoms with E-state index >= 15 is 0 Å². The molecule has 2 aromatic carbocycles. The minimum atomic E-state index is -0.422. The largest absolute Gasteiger partial charge is 0.378 e. The van der Waals surface area contributed by atoms with Crippen LogP contribution in [0.5, 0.6) is 0 Å². The van der Waals surface area contributed by atoms with Crippen molar-refractivity contribution < 1.29 is 4.92 Å². The van der Waals surface area contributed by atoms with E-state index in [0.29, 0.717) is 15.7 Å². The number of halogens is 2. The van der Waals surface area contributed by atoms with E-state index in [-0.39, 0.29) is 11.7 Å². The molecule has 1 atom stereocenters. The Morgan fingerprint density at radius 3 is 2.55 bits per heavy atom. The van der Waals surface area contributed by atoms with Crippen LogP contribution in [0.4, 0.5) is 11.4 Å². The molecule has 0 aliphatic heterocycles. The molecule has 0 aromatic heterocycles. The third kappa shape index (κ3) is 3.40. The van der Waals surface area contributed by atoms with Crippen molar-refractivity contribution in [1.82, 2.24) is 0 Å². The zero-order valence-corrected chi connectivity index (χ0v) is 12.2. The van der Waals surface area contributed by atoms with Gasteiger partial charge in [0.25, 0.3) is 5.69 Å². The normalized spacial score (nSPS) is 11.9. The maximum absolute atomic E-state index is 10.7. The lowest BCUT2D eigenvalue weighted by Gasteiger charge is -2.16. The van der Waals surface area contributed by atoms with Crippen LogP contribution in [0.25, 0.3) is 0 Å². The molecule has 0 amide bonds. The highest BCUT2D eigenvalue weighted by Gasteiger charge is 2.10. The Labute approximate surface area is 126 Å². The maximum Gasteiger partial charge on any atom is 0.271 e. The van der Waals surface area contributed by atoms with Crippen molar-refractivity contribution in [3.8, 4) is 0 Å². The second-order valence-corrected chi connectivity index (χ2v) is 5.16. The summed E-state index contributed by atoms with van der Waals surface area (Å²) < 4.78 is 0. The van der Waals surface area contributed by atoms with Gasteiger partial charge in [0.15, 0.2) is 0 Å². The monoisotopic (exact) mass is 310 g/mol. The van der Waals surface area contributed by atoms with Crippen LogP contribution in [0.2, 0.25) is 10.0 Å². The fourth-order valence-corrected chi connectivity index (χ4v) is 2.13. The summed E-state index contributed by atoms with van der Waals surface area (Å²) in [4.78, 5) is 10.3. The van der Waals surface area contributed by atoms with Crippen molar-refractivity contribution in [2.75, 3.05) is 5.32 Å². The van der Waals surface area contributed by atoms with E-state index in [2.05, 4.69) is 5.32 Å². The van der Waals surface area contributed by atoms with Gasteiger partial charge in [-0.1, -0.05) is 35.3 Å². The zero-order valence-electron chi connectivity index (χ0n) is 10.6. The van der Waals surface area contributed by atoms with Crippen molar-refractivity contribution >= 4 is 34.6 Å². The summed E-state index contributed by atoms with van der Waals surface area (Å²) in [6.45, 7) is 1.94. The van der Waals surface area contributed by atoms with Gasteiger partial charge < -0.3 is 5.32 Å². The van der Waals surface area contributed by atoms with Gasteiger partial charge in [-0.15, -0.1) is 0 Å². The summed E-state index contributed by atoms with van der Waals surface area (Å²) >= 11 is 11.9. The summed E-state index contributed by atoms with van der Waals surface area (Å²) in [6, 6.07) is 11.7. The van der Waals surface area contributed by atoms with Gasteiger partial charge >= 0.3 is 0 Å². The van der Waals surface area contributed by atoms with Crippen molar-refractivity contribution in [2.24, 2.45) is 0 Å². The SMILES string of the molecule is CC(Nc1cccc([N+](=O)[O-])c1)c1ccc(Cl)c(Cl)c1. The molecule has 0 fully saturated rings. The number of nitrogens with one attached hydrogen (secondary N) is 1. The smallest absolute Gasteiger partial charge is 0.271 e. The molecule has 0 radical (unpaired) electrons. The predicted octanol–water partition coefficient (Wildman–Crippen LogP) is 5.07. The molecule has 0 bridgehead atoms. The predicted molar refractivity (Wildman–Crippen MR) is 81.6 cm³/mol. The topological polar surface area (TPSA) is 55.2 Å². The molecule has 104 valence electrons. The molecule has 6 heteroatoms. The molecule has 4 nitrogen and oxygen atoms in total. The fourth-order valence-electron chi connectivity index (χ4n) is 1.82. The number of hydrogen-bond donors (Lipinski definition) is 1. The van der Waals surface area contributed by atoms with E-state index in [1.54, 1.807) is 24.3 Å². The standard InChI is InChI=1S/C14H12Cl2N2O2/c1-9(10-5-6-13(15)14(16)7-10)17-11-3-2-4-12(8-11)18(19)20/h2-9,17H,1H3. The first-order valence-electron chi connectivity index (χ1n) is 5.93. The van der Waals surface area contributed by atoms with Gasteiger partial charge in [0, 0.05) is 23.9 Å². The van der Waals surface area contributed by atoms with Crippen molar-refractivity contribution in [2.45, 2.75) is 13.0 Å². The summed E-state index contributed by atoms with van der Waals surface area (Å²) in [5, 5.41) is 14.9. The Hall–Kier alpha value is -1.78. The van der Waals surface area contributed by atoms with Crippen LogP contribution in [0, 0.1) is 10.1 Å². The van der Waals surface area contributed by atoms with E-state index < -0.39 is 4.92 Å². The molecule has 0 heterocycles. The zero-order chi connectivity index (χ0) is 14.7. The van der Waals surface area contributed by atoms with E-state index in [9.17, 15) is 10.1 Å². The van der Waals surface area contributed by atoms with E-state index in [1.807, 2.05) is 13.0 Å². The summed E-state index contributed by atoms with van der Waals surface area (Å²) in [5.41, 5.74) is 1.68. The number of nitrogens with zero attached hydrogens (tertiary/aromatic N) is 1. The highest BCUT2D eigenvalue weighted by Crippen LogP contribution is 2.28. The van der Waals surface area contributed by atoms with Gasteiger partial charge in [0.1, 0.15) is 0 Å². The number of nitro groups is 1. The molecule has 0 aliphatic carbocycles. The Morgan fingerprint density at radius 1 is 1.15 bits per heavy atom. The summed E-state index contributed by atoms with van der Waals surface area (Å²) in [5.74, 6) is 0. The van der Waals surface area contributed by atoms with Gasteiger partial charge in [0.2, 0.25) is 0 Å². The summed E-state index contributed by atoms with van der Waals surface area (Å²) in [6.07, 6.45) is 0. The quantitative estimate of drug-likeness (QED) is 0.633. The van der Waals surface area contributed by atoms with Crippen molar-refractivity contribution in [3.63, 3.8) is 0 Å². The number of rotatable bonds is 4. The Bertz CT molecular complexity index is 647. The lowest BCUT2D eigenvalue weighted by atomic mass is 10.1. The molecule has 0 saturated carbocycles. The van der Waals surface area contributed by atoms with Crippen LogP contribution >= 0.6 is 23.2 Å². The third-order valence-electron chi connectivity index (χ3n) is 2.88. The van der Waals surface area contributed by atoms with Crippen LogP contribution in [0.1, 0.15) is 18.5 Å². The number of nitro benzene ring substituents is 1. The lowest BCUT2D eigenvalue weighted by Crippen LogP contribution is -2.06. The molecule has 0 saturated heterocycles. The lowest BCUT2D eigenvalue weighted by molar-refractivity contribution is -0.384. The average Bonchev–Trinajstić information content (AvgIpc) is 2.42. The minimum Gasteiger partial charge on any atom is -0.378 e. The number of anilines is 1. The Balaban J connectivity index is 2.18. The van der Waals surface area contributed by atoms with E-state index in [4.69, 9.17) is 23.2 Å². The highest BCUT2D eigenvalue weighted by molar-refractivity contribution is 6.42. The highest BCUT2D eigenvalue weighted by atomic mass is 35.5. The first-order chi connectivity index (χ1) is 9.47.